The average Bonchev–Trinajstić information content (AvgIpc) is 2.19. The zero-order valence-electron chi connectivity index (χ0n) is 8.14. The van der Waals surface area contributed by atoms with E-state index in [1.165, 1.54) is 12.1 Å². The Hall–Kier alpha value is -1.45. The largest absolute Gasteiger partial charge is 0.432 e. The van der Waals surface area contributed by atoms with E-state index in [9.17, 15) is 13.2 Å². The third-order valence-corrected chi connectivity index (χ3v) is 1.91. The van der Waals surface area contributed by atoms with Gasteiger partial charge in [-0.1, -0.05) is 19.1 Å². The number of allylic oxidation sites excluding steroid dienone is 1. The summed E-state index contributed by atoms with van der Waals surface area (Å²) in [6.07, 6.45) is 1.56. The van der Waals surface area contributed by atoms with Crippen molar-refractivity contribution in [3.05, 3.63) is 48.2 Å². The van der Waals surface area contributed by atoms with E-state index in [1.807, 2.05) is 0 Å². The van der Waals surface area contributed by atoms with E-state index in [4.69, 9.17) is 0 Å². The van der Waals surface area contributed by atoms with Gasteiger partial charge in [0.25, 0.3) is 0 Å². The zero-order valence-corrected chi connectivity index (χ0v) is 8.14. The summed E-state index contributed by atoms with van der Waals surface area (Å²) in [4.78, 5) is 0. The number of halogens is 3. The molecule has 0 aliphatic rings. The molecule has 81 valence electrons. The van der Waals surface area contributed by atoms with E-state index in [1.54, 1.807) is 13.0 Å². The highest BCUT2D eigenvalue weighted by Crippen LogP contribution is 2.24. The Morgan fingerprint density at radius 2 is 2.13 bits per heavy atom. The first-order valence-corrected chi connectivity index (χ1v) is 4.25. The van der Waals surface area contributed by atoms with Gasteiger partial charge in [-0.3, -0.25) is 0 Å². The third-order valence-electron chi connectivity index (χ3n) is 1.91. The third kappa shape index (κ3) is 3.01. The number of hydrogen-bond acceptors (Lipinski definition) is 1. The lowest BCUT2D eigenvalue weighted by molar-refractivity contribution is -0.0521. The highest BCUT2D eigenvalue weighted by atomic mass is 19.3. The fourth-order valence-electron chi connectivity index (χ4n) is 1.06. The van der Waals surface area contributed by atoms with Crippen LogP contribution in [0.5, 0.6) is 5.75 Å². The van der Waals surface area contributed by atoms with E-state index in [2.05, 4.69) is 11.3 Å². The molecular formula is C11H10F3O. The molecule has 0 unspecified atom stereocenters. The zero-order chi connectivity index (χ0) is 11.4. The maximum Gasteiger partial charge on any atom is 0.387 e. The molecule has 0 aliphatic heterocycles. The molecule has 1 aromatic rings. The second-order valence-corrected chi connectivity index (χ2v) is 2.91. The molecule has 0 saturated carbocycles. The maximum absolute atomic E-state index is 13.2. The van der Waals surface area contributed by atoms with E-state index >= 15 is 0 Å². The average molecular weight is 215 g/mol. The Morgan fingerprint density at radius 1 is 1.47 bits per heavy atom. The molecule has 0 aliphatic carbocycles. The van der Waals surface area contributed by atoms with Gasteiger partial charge in [-0.05, 0) is 17.7 Å². The molecule has 1 nitrogen and oxygen atoms in total. The van der Waals surface area contributed by atoms with Crippen LogP contribution in [0.3, 0.4) is 0 Å². The van der Waals surface area contributed by atoms with Crippen LogP contribution in [-0.2, 0) is 0 Å². The number of rotatable bonds is 4. The number of hydrogen-bond donors (Lipinski definition) is 0. The molecule has 0 fully saturated rings. The van der Waals surface area contributed by atoms with Gasteiger partial charge < -0.3 is 4.74 Å². The molecular weight excluding hydrogens is 205 g/mol. The summed E-state index contributed by atoms with van der Waals surface area (Å²) in [5.41, 5.74) is 0.587. The lowest BCUT2D eigenvalue weighted by Crippen LogP contribution is -2.04. The highest BCUT2D eigenvalue weighted by molar-refractivity contribution is 5.39. The minimum Gasteiger partial charge on any atom is -0.432 e. The van der Waals surface area contributed by atoms with Gasteiger partial charge in [0.1, 0.15) is 0 Å². The summed E-state index contributed by atoms with van der Waals surface area (Å²) in [6, 6.07) is 3.80. The number of benzene rings is 1. The minimum atomic E-state index is -3.02. The fraction of sp³-hybridized carbons (Fsp3) is 0.182. The summed E-state index contributed by atoms with van der Waals surface area (Å²) in [5.74, 6) is -0.503. The smallest absolute Gasteiger partial charge is 0.387 e. The lowest BCUT2D eigenvalue weighted by Gasteiger charge is -2.09. The first-order valence-electron chi connectivity index (χ1n) is 4.25. The second-order valence-electron chi connectivity index (χ2n) is 2.91. The van der Waals surface area contributed by atoms with Crippen LogP contribution < -0.4 is 4.74 Å². The van der Waals surface area contributed by atoms with Crippen LogP contribution in [0, 0.1) is 11.7 Å². The van der Waals surface area contributed by atoms with Crippen molar-refractivity contribution in [3.63, 3.8) is 0 Å². The van der Waals surface area contributed by atoms with Crippen molar-refractivity contribution in [3.8, 4) is 5.75 Å². The van der Waals surface area contributed by atoms with Gasteiger partial charge in [-0.25, -0.2) is 4.39 Å². The summed E-state index contributed by atoms with van der Waals surface area (Å²) in [6.45, 7) is 2.25. The molecule has 1 rings (SSSR count). The quantitative estimate of drug-likeness (QED) is 0.746. The normalized spacial score (nSPS) is 10.8. The molecule has 1 radical (unpaired) electrons. The van der Waals surface area contributed by atoms with Crippen LogP contribution in [0.25, 0.3) is 0 Å². The van der Waals surface area contributed by atoms with Crippen LogP contribution in [-0.4, -0.2) is 6.61 Å². The van der Waals surface area contributed by atoms with Crippen molar-refractivity contribution >= 4 is 0 Å². The SMILES string of the molecule is C=C[C](C)c1ccc(OC(F)F)c(F)c1. The second kappa shape index (κ2) is 4.87. The highest BCUT2D eigenvalue weighted by Gasteiger charge is 2.11. The van der Waals surface area contributed by atoms with Crippen molar-refractivity contribution in [2.24, 2.45) is 0 Å². The maximum atomic E-state index is 13.2. The van der Waals surface area contributed by atoms with Gasteiger partial charge in [0.15, 0.2) is 11.6 Å². The lowest BCUT2D eigenvalue weighted by atomic mass is 10.0. The van der Waals surface area contributed by atoms with Crippen molar-refractivity contribution in [1.29, 1.82) is 0 Å². The van der Waals surface area contributed by atoms with Gasteiger partial charge in [0, 0.05) is 5.92 Å². The van der Waals surface area contributed by atoms with Gasteiger partial charge in [0.05, 0.1) is 0 Å². The molecule has 0 aromatic heterocycles. The monoisotopic (exact) mass is 215 g/mol. The molecule has 0 N–H and O–H groups in total. The Bertz CT molecular complexity index is 350. The summed E-state index contributed by atoms with van der Waals surface area (Å²) < 4.78 is 40.8. The molecule has 0 amide bonds. The van der Waals surface area contributed by atoms with E-state index < -0.39 is 18.2 Å². The van der Waals surface area contributed by atoms with E-state index in [0.29, 0.717) is 5.56 Å². The van der Waals surface area contributed by atoms with Gasteiger partial charge in [0.2, 0.25) is 0 Å². The van der Waals surface area contributed by atoms with Crippen LogP contribution >= 0.6 is 0 Å². The fourth-order valence-corrected chi connectivity index (χ4v) is 1.06. The molecule has 0 saturated heterocycles. The molecule has 0 atom stereocenters. The van der Waals surface area contributed by atoms with Crippen LogP contribution in [0.4, 0.5) is 13.2 Å². The Kier molecular flexibility index (Phi) is 3.77. The predicted molar refractivity (Wildman–Crippen MR) is 51.2 cm³/mol. The standard InChI is InChI=1S/C11H10F3O/c1-3-7(2)8-4-5-10(9(12)6-8)15-11(13)14/h3-6,11H,1H2,2H3. The summed E-state index contributed by atoms with van der Waals surface area (Å²) >= 11 is 0. The molecule has 1 aromatic carbocycles. The Balaban J connectivity index is 2.92. The number of ether oxygens (including phenoxy) is 1. The van der Waals surface area contributed by atoms with Crippen LogP contribution in [0.1, 0.15) is 12.5 Å². The van der Waals surface area contributed by atoms with Gasteiger partial charge in [-0.15, -0.1) is 6.58 Å². The van der Waals surface area contributed by atoms with Crippen molar-refractivity contribution in [2.75, 3.05) is 0 Å². The molecule has 15 heavy (non-hydrogen) atoms. The molecule has 0 heterocycles. The Labute approximate surface area is 86.2 Å². The van der Waals surface area contributed by atoms with Crippen LogP contribution in [0.15, 0.2) is 30.9 Å². The topological polar surface area (TPSA) is 9.23 Å². The molecule has 4 heteroatoms. The number of alkyl halides is 2. The minimum absolute atomic E-state index is 0.453. The van der Waals surface area contributed by atoms with Crippen molar-refractivity contribution < 1.29 is 17.9 Å². The van der Waals surface area contributed by atoms with Gasteiger partial charge >= 0.3 is 6.61 Å². The molecule has 0 bridgehead atoms. The Morgan fingerprint density at radius 3 is 2.60 bits per heavy atom. The van der Waals surface area contributed by atoms with Crippen LogP contribution in [0.2, 0.25) is 0 Å². The predicted octanol–water partition coefficient (Wildman–Crippen LogP) is 3.56. The first kappa shape index (κ1) is 11.6. The van der Waals surface area contributed by atoms with Gasteiger partial charge in [-0.2, -0.15) is 8.78 Å². The molecule has 0 spiro atoms. The van der Waals surface area contributed by atoms with Crippen molar-refractivity contribution in [2.45, 2.75) is 13.5 Å². The van der Waals surface area contributed by atoms with E-state index in [-0.39, 0.29) is 0 Å². The summed E-state index contributed by atoms with van der Waals surface area (Å²) in [7, 11) is 0. The summed E-state index contributed by atoms with van der Waals surface area (Å²) in [5, 5.41) is 0. The van der Waals surface area contributed by atoms with E-state index in [0.717, 1.165) is 12.0 Å². The first-order chi connectivity index (χ1) is 7.04. The van der Waals surface area contributed by atoms with Crippen molar-refractivity contribution in [1.82, 2.24) is 0 Å².